The molecule has 8 heteroatoms. The highest BCUT2D eigenvalue weighted by Crippen LogP contribution is 2.15. The van der Waals surface area contributed by atoms with Gasteiger partial charge < -0.3 is 10.4 Å². The van der Waals surface area contributed by atoms with Gasteiger partial charge in [-0.3, -0.25) is 9.48 Å². The van der Waals surface area contributed by atoms with Gasteiger partial charge >= 0.3 is 5.97 Å². The summed E-state index contributed by atoms with van der Waals surface area (Å²) in [6.45, 7) is 1.69. The van der Waals surface area contributed by atoms with Crippen LogP contribution in [0.1, 0.15) is 27.7 Å². The topological polar surface area (TPSA) is 97.1 Å². The number of amides is 1. The summed E-state index contributed by atoms with van der Waals surface area (Å²) < 4.78 is 1.46. The van der Waals surface area contributed by atoms with E-state index in [1.165, 1.54) is 29.2 Å². The number of carbonyl (C=O) groups is 2. The molecule has 0 radical (unpaired) electrons. The average molecular weight is 309 g/mol. The standard InChI is InChI=1S/C13H13ClN4O3/c1-7-3-8(4-10(14)16-7)12(19)17-11(13(20)21)9-5-15-18(2)6-9/h3-6,11H,1-2H3,(H,17,19)(H,20,21). The number of hydrogen-bond donors (Lipinski definition) is 2. The van der Waals surface area contributed by atoms with Crippen molar-refractivity contribution in [2.45, 2.75) is 13.0 Å². The molecule has 0 saturated carbocycles. The van der Waals surface area contributed by atoms with E-state index < -0.39 is 17.9 Å². The van der Waals surface area contributed by atoms with E-state index in [9.17, 15) is 14.7 Å². The second kappa shape index (κ2) is 5.92. The van der Waals surface area contributed by atoms with Crippen LogP contribution in [-0.4, -0.2) is 31.7 Å². The van der Waals surface area contributed by atoms with Gasteiger partial charge in [0.2, 0.25) is 0 Å². The van der Waals surface area contributed by atoms with Gasteiger partial charge in [-0.1, -0.05) is 11.6 Å². The molecule has 1 amide bonds. The van der Waals surface area contributed by atoms with Crippen LogP contribution >= 0.6 is 11.6 Å². The van der Waals surface area contributed by atoms with Crippen LogP contribution in [0.25, 0.3) is 0 Å². The Morgan fingerprint density at radius 2 is 2.14 bits per heavy atom. The van der Waals surface area contributed by atoms with Gasteiger partial charge in [-0.2, -0.15) is 5.10 Å². The highest BCUT2D eigenvalue weighted by atomic mass is 35.5. The highest BCUT2D eigenvalue weighted by Gasteiger charge is 2.24. The van der Waals surface area contributed by atoms with E-state index >= 15 is 0 Å². The zero-order chi connectivity index (χ0) is 15.6. The number of pyridine rings is 1. The molecule has 2 N–H and O–H groups in total. The van der Waals surface area contributed by atoms with Gasteiger partial charge in [-0.25, -0.2) is 9.78 Å². The zero-order valence-electron chi connectivity index (χ0n) is 11.4. The molecule has 2 heterocycles. The van der Waals surface area contributed by atoms with Crippen molar-refractivity contribution in [3.05, 3.63) is 46.5 Å². The predicted molar refractivity (Wildman–Crippen MR) is 75.0 cm³/mol. The van der Waals surface area contributed by atoms with Crippen LogP contribution in [0.4, 0.5) is 0 Å². The van der Waals surface area contributed by atoms with Crippen LogP contribution in [-0.2, 0) is 11.8 Å². The fraction of sp³-hybridized carbons (Fsp3) is 0.231. The van der Waals surface area contributed by atoms with Gasteiger partial charge in [0, 0.05) is 30.1 Å². The maximum absolute atomic E-state index is 12.2. The summed E-state index contributed by atoms with van der Waals surface area (Å²) in [6, 6.07) is 1.73. The average Bonchev–Trinajstić information content (AvgIpc) is 2.80. The Kier molecular flexibility index (Phi) is 4.23. The minimum Gasteiger partial charge on any atom is -0.479 e. The minimum atomic E-state index is -1.18. The van der Waals surface area contributed by atoms with E-state index in [0.717, 1.165) is 0 Å². The monoisotopic (exact) mass is 308 g/mol. The third-order valence-corrected chi connectivity index (χ3v) is 2.96. The Bertz CT molecular complexity index is 678. The van der Waals surface area contributed by atoms with Crippen molar-refractivity contribution in [1.29, 1.82) is 0 Å². The van der Waals surface area contributed by atoms with Crippen LogP contribution in [0.15, 0.2) is 24.5 Å². The van der Waals surface area contributed by atoms with Crippen molar-refractivity contribution in [1.82, 2.24) is 20.1 Å². The summed E-state index contributed by atoms with van der Waals surface area (Å²) in [5, 5.41) is 15.8. The molecule has 0 saturated heterocycles. The molecular formula is C13H13ClN4O3. The molecule has 7 nitrogen and oxygen atoms in total. The second-order valence-corrected chi connectivity index (χ2v) is 4.90. The lowest BCUT2D eigenvalue weighted by Gasteiger charge is -2.13. The van der Waals surface area contributed by atoms with Gasteiger partial charge in [-0.05, 0) is 19.1 Å². The molecule has 0 bridgehead atoms. The first kappa shape index (κ1) is 15.0. The lowest BCUT2D eigenvalue weighted by molar-refractivity contribution is -0.139. The van der Waals surface area contributed by atoms with E-state index in [1.54, 1.807) is 14.0 Å². The van der Waals surface area contributed by atoms with E-state index in [0.29, 0.717) is 11.3 Å². The number of carbonyl (C=O) groups excluding carboxylic acids is 1. The number of carboxylic acid groups (broad SMARTS) is 1. The highest BCUT2D eigenvalue weighted by molar-refractivity contribution is 6.29. The summed E-state index contributed by atoms with van der Waals surface area (Å²) in [5.74, 6) is -1.72. The molecule has 1 unspecified atom stereocenters. The van der Waals surface area contributed by atoms with Crippen molar-refractivity contribution >= 4 is 23.5 Å². The number of nitrogens with one attached hydrogen (secondary N) is 1. The number of hydrogen-bond acceptors (Lipinski definition) is 4. The van der Waals surface area contributed by atoms with Crippen molar-refractivity contribution in [2.75, 3.05) is 0 Å². The number of nitrogens with zero attached hydrogens (tertiary/aromatic N) is 3. The Morgan fingerprint density at radius 1 is 1.43 bits per heavy atom. The third kappa shape index (κ3) is 3.57. The normalized spacial score (nSPS) is 12.0. The van der Waals surface area contributed by atoms with E-state index in [4.69, 9.17) is 11.6 Å². The largest absolute Gasteiger partial charge is 0.479 e. The van der Waals surface area contributed by atoms with E-state index in [2.05, 4.69) is 15.4 Å². The summed E-state index contributed by atoms with van der Waals surface area (Å²) >= 11 is 5.79. The Labute approximate surface area is 125 Å². The fourth-order valence-electron chi connectivity index (χ4n) is 1.85. The smallest absolute Gasteiger partial charge is 0.331 e. The van der Waals surface area contributed by atoms with Crippen LogP contribution in [0, 0.1) is 6.92 Å². The molecule has 2 aromatic heterocycles. The Hall–Kier alpha value is -2.41. The molecule has 0 aliphatic carbocycles. The molecule has 0 aromatic carbocycles. The maximum Gasteiger partial charge on any atom is 0.331 e. The molecule has 0 aliphatic heterocycles. The first-order valence-electron chi connectivity index (χ1n) is 6.03. The molecule has 2 aromatic rings. The van der Waals surface area contributed by atoms with Gasteiger partial charge in [0.25, 0.3) is 5.91 Å². The van der Waals surface area contributed by atoms with Crippen molar-refractivity contribution in [3.63, 3.8) is 0 Å². The lowest BCUT2D eigenvalue weighted by atomic mass is 10.1. The molecular weight excluding hydrogens is 296 g/mol. The quantitative estimate of drug-likeness (QED) is 0.831. The molecule has 1 atom stereocenters. The first-order chi connectivity index (χ1) is 9.86. The zero-order valence-corrected chi connectivity index (χ0v) is 12.1. The summed E-state index contributed by atoms with van der Waals surface area (Å²) in [5.41, 5.74) is 1.21. The molecule has 0 fully saturated rings. The van der Waals surface area contributed by atoms with Gasteiger partial charge in [0.05, 0.1) is 6.20 Å². The van der Waals surface area contributed by atoms with E-state index in [1.807, 2.05) is 0 Å². The second-order valence-electron chi connectivity index (χ2n) is 4.51. The van der Waals surface area contributed by atoms with Crippen molar-refractivity contribution in [2.24, 2.45) is 7.05 Å². The first-order valence-corrected chi connectivity index (χ1v) is 6.41. The molecule has 21 heavy (non-hydrogen) atoms. The summed E-state index contributed by atoms with van der Waals surface area (Å²) in [7, 11) is 1.66. The van der Waals surface area contributed by atoms with Gasteiger partial charge in [0.1, 0.15) is 5.15 Å². The van der Waals surface area contributed by atoms with Crippen molar-refractivity contribution in [3.8, 4) is 0 Å². The lowest BCUT2D eigenvalue weighted by Crippen LogP contribution is -2.33. The number of aliphatic carboxylic acids is 1. The van der Waals surface area contributed by atoms with Gasteiger partial charge in [0.15, 0.2) is 6.04 Å². The third-order valence-electron chi connectivity index (χ3n) is 2.76. The van der Waals surface area contributed by atoms with Crippen molar-refractivity contribution < 1.29 is 14.7 Å². The summed E-state index contributed by atoms with van der Waals surface area (Å²) in [6.07, 6.45) is 2.92. The Balaban J connectivity index is 2.24. The van der Waals surface area contributed by atoms with Crippen LogP contribution in [0.3, 0.4) is 0 Å². The van der Waals surface area contributed by atoms with E-state index in [-0.39, 0.29) is 10.7 Å². The van der Waals surface area contributed by atoms with Crippen LogP contribution < -0.4 is 5.32 Å². The van der Waals surface area contributed by atoms with Gasteiger partial charge in [-0.15, -0.1) is 0 Å². The number of aromatic nitrogens is 3. The minimum absolute atomic E-state index is 0.174. The number of aryl methyl sites for hydroxylation is 2. The molecule has 110 valence electrons. The maximum atomic E-state index is 12.2. The molecule has 0 spiro atoms. The fourth-order valence-corrected chi connectivity index (χ4v) is 2.10. The van der Waals surface area contributed by atoms with Crippen LogP contribution in [0.2, 0.25) is 5.15 Å². The predicted octanol–water partition coefficient (Wildman–Crippen LogP) is 1.33. The number of rotatable bonds is 4. The number of halogens is 1. The Morgan fingerprint density at radius 3 is 2.67 bits per heavy atom. The molecule has 2 rings (SSSR count). The van der Waals surface area contributed by atoms with Crippen LogP contribution in [0.5, 0.6) is 0 Å². The SMILES string of the molecule is Cc1cc(C(=O)NC(C(=O)O)c2cnn(C)c2)cc(Cl)n1. The summed E-state index contributed by atoms with van der Waals surface area (Å²) in [4.78, 5) is 27.4. The molecule has 0 aliphatic rings. The number of carboxylic acids is 1.